The number of carboxylic acids is 1. The second-order valence-electron chi connectivity index (χ2n) is 5.62. The molecule has 0 aromatic carbocycles. The Morgan fingerprint density at radius 2 is 1.96 bits per heavy atom. The van der Waals surface area contributed by atoms with Gasteiger partial charge in [-0.25, -0.2) is 9.78 Å². The molecule has 0 spiro atoms. The number of aliphatic carboxylic acids is 1. The van der Waals surface area contributed by atoms with E-state index in [0.29, 0.717) is 23.1 Å². The van der Waals surface area contributed by atoms with Gasteiger partial charge in [0.1, 0.15) is 10.9 Å². The minimum atomic E-state index is -0.920. The van der Waals surface area contributed by atoms with Crippen molar-refractivity contribution in [2.45, 2.75) is 43.3 Å². The van der Waals surface area contributed by atoms with Gasteiger partial charge in [0.25, 0.3) is 5.56 Å². The minimum Gasteiger partial charge on any atom is -0.480 e. The number of fused-ring (bicyclic) bond motifs is 1. The monoisotopic (exact) mass is 351 g/mol. The van der Waals surface area contributed by atoms with Crippen molar-refractivity contribution in [3.8, 4) is 0 Å². The second kappa shape index (κ2) is 7.21. The van der Waals surface area contributed by atoms with Gasteiger partial charge in [0, 0.05) is 25.2 Å². The van der Waals surface area contributed by atoms with Crippen molar-refractivity contribution in [3.63, 3.8) is 0 Å². The predicted octanol–water partition coefficient (Wildman–Crippen LogP) is 1.54. The highest BCUT2D eigenvalue weighted by Gasteiger charge is 2.23. The summed E-state index contributed by atoms with van der Waals surface area (Å²) in [4.78, 5) is 41.1. The van der Waals surface area contributed by atoms with Crippen molar-refractivity contribution in [1.82, 2.24) is 14.1 Å². The Morgan fingerprint density at radius 3 is 2.50 bits per heavy atom. The molecule has 2 aromatic heterocycles. The Kier molecular flexibility index (Phi) is 5.48. The first kappa shape index (κ1) is 18.3. The number of aryl methyl sites for hydroxylation is 2. The quantitative estimate of drug-likeness (QED) is 0.794. The van der Waals surface area contributed by atoms with Crippen LogP contribution in [0.25, 0.3) is 11.0 Å². The van der Waals surface area contributed by atoms with Crippen molar-refractivity contribution in [1.29, 1.82) is 0 Å². The lowest BCUT2D eigenvalue weighted by Gasteiger charge is -2.16. The van der Waals surface area contributed by atoms with Gasteiger partial charge in [0.05, 0.1) is 5.39 Å². The fourth-order valence-corrected chi connectivity index (χ4v) is 3.73. The fraction of sp³-hybridized carbons (Fsp3) is 0.500. The summed E-state index contributed by atoms with van der Waals surface area (Å²) in [5.74, 6) is -0.920. The molecule has 0 bridgehead atoms. The van der Waals surface area contributed by atoms with Crippen LogP contribution in [0.4, 0.5) is 0 Å². The number of carboxylic acid groups (broad SMARTS) is 1. The number of nitrogens with zero attached hydrogens (tertiary/aromatic N) is 3. The molecule has 2 aromatic rings. The molecular formula is C16H21N3O4S. The number of hydrogen-bond acceptors (Lipinski definition) is 5. The van der Waals surface area contributed by atoms with Crippen LogP contribution in [0.3, 0.4) is 0 Å². The van der Waals surface area contributed by atoms with E-state index in [4.69, 9.17) is 0 Å². The number of hydrogen-bond donors (Lipinski definition) is 1. The maximum atomic E-state index is 12.7. The molecule has 0 radical (unpaired) electrons. The first-order valence-electron chi connectivity index (χ1n) is 7.80. The zero-order valence-electron chi connectivity index (χ0n) is 14.2. The number of thioether (sulfide) groups is 1. The van der Waals surface area contributed by atoms with E-state index in [2.05, 4.69) is 4.98 Å². The lowest BCUT2D eigenvalue weighted by atomic mass is 10.1. The molecule has 0 amide bonds. The van der Waals surface area contributed by atoms with Gasteiger partial charge in [-0.3, -0.25) is 18.7 Å². The van der Waals surface area contributed by atoms with Crippen LogP contribution in [-0.4, -0.2) is 30.4 Å². The Labute approximate surface area is 143 Å². The van der Waals surface area contributed by atoms with E-state index in [0.717, 1.165) is 28.3 Å². The van der Waals surface area contributed by atoms with Gasteiger partial charge in [-0.15, -0.1) is 11.8 Å². The third-order valence-corrected chi connectivity index (χ3v) is 5.44. The van der Waals surface area contributed by atoms with Gasteiger partial charge < -0.3 is 5.11 Å². The Morgan fingerprint density at radius 1 is 1.29 bits per heavy atom. The van der Waals surface area contributed by atoms with Crippen LogP contribution < -0.4 is 11.2 Å². The molecule has 2 rings (SSSR count). The number of aromatic nitrogens is 3. The first-order valence-corrected chi connectivity index (χ1v) is 8.68. The topological polar surface area (TPSA) is 94.2 Å². The van der Waals surface area contributed by atoms with E-state index in [-0.39, 0.29) is 5.65 Å². The zero-order valence-corrected chi connectivity index (χ0v) is 15.0. The molecular weight excluding hydrogens is 330 g/mol. The normalized spacial score (nSPS) is 12.5. The average Bonchev–Trinajstić information content (AvgIpc) is 2.56. The highest BCUT2D eigenvalue weighted by Crippen LogP contribution is 2.33. The summed E-state index contributed by atoms with van der Waals surface area (Å²) in [6, 6.07) is 0. The SMILES string of the molecule is CCCc1cnc2c(c1SC(CC)C(=O)O)c(=O)n(C)c(=O)n2C. The minimum absolute atomic E-state index is 0.283. The van der Waals surface area contributed by atoms with Gasteiger partial charge >= 0.3 is 11.7 Å². The molecule has 0 aliphatic heterocycles. The molecule has 24 heavy (non-hydrogen) atoms. The second-order valence-corrected chi connectivity index (χ2v) is 6.83. The molecule has 1 unspecified atom stereocenters. The molecule has 1 N–H and O–H groups in total. The van der Waals surface area contributed by atoms with Crippen molar-refractivity contribution in [2.75, 3.05) is 0 Å². The van der Waals surface area contributed by atoms with E-state index < -0.39 is 22.5 Å². The molecule has 0 aliphatic carbocycles. The molecule has 130 valence electrons. The summed E-state index contributed by atoms with van der Waals surface area (Å²) in [6.07, 6.45) is 3.60. The summed E-state index contributed by atoms with van der Waals surface area (Å²) in [7, 11) is 2.97. The van der Waals surface area contributed by atoms with Crippen molar-refractivity contribution in [2.24, 2.45) is 14.1 Å². The van der Waals surface area contributed by atoms with Crippen LogP contribution in [0, 0.1) is 0 Å². The summed E-state index contributed by atoms with van der Waals surface area (Å²) in [6.45, 7) is 3.80. The van der Waals surface area contributed by atoms with Crippen LogP contribution in [0.5, 0.6) is 0 Å². The highest BCUT2D eigenvalue weighted by molar-refractivity contribution is 8.00. The Bertz CT molecular complexity index is 901. The van der Waals surface area contributed by atoms with E-state index in [1.54, 1.807) is 20.2 Å². The summed E-state index contributed by atoms with van der Waals surface area (Å²) in [5, 5.41) is 9.03. The van der Waals surface area contributed by atoms with Crippen LogP contribution in [0.1, 0.15) is 32.3 Å². The van der Waals surface area contributed by atoms with Crippen molar-refractivity contribution < 1.29 is 9.90 Å². The van der Waals surface area contributed by atoms with Gasteiger partial charge in [-0.1, -0.05) is 20.3 Å². The van der Waals surface area contributed by atoms with Gasteiger partial charge in [0.15, 0.2) is 0 Å². The van der Waals surface area contributed by atoms with Crippen LogP contribution in [-0.2, 0) is 25.3 Å². The van der Waals surface area contributed by atoms with Crippen LogP contribution in [0.15, 0.2) is 20.7 Å². The van der Waals surface area contributed by atoms with E-state index in [1.807, 2.05) is 6.92 Å². The Hall–Kier alpha value is -2.09. The maximum Gasteiger partial charge on any atom is 0.332 e. The van der Waals surface area contributed by atoms with Gasteiger partial charge in [-0.2, -0.15) is 0 Å². The smallest absolute Gasteiger partial charge is 0.332 e. The largest absolute Gasteiger partial charge is 0.480 e. The Balaban J connectivity index is 2.86. The third kappa shape index (κ3) is 3.10. The summed E-state index contributed by atoms with van der Waals surface area (Å²) < 4.78 is 2.35. The van der Waals surface area contributed by atoms with Crippen molar-refractivity contribution >= 4 is 28.8 Å². The lowest BCUT2D eigenvalue weighted by molar-refractivity contribution is -0.136. The van der Waals surface area contributed by atoms with E-state index in [1.165, 1.54) is 11.6 Å². The summed E-state index contributed by atoms with van der Waals surface area (Å²) >= 11 is 1.16. The molecule has 8 heteroatoms. The molecule has 0 saturated heterocycles. The predicted molar refractivity (Wildman–Crippen MR) is 93.8 cm³/mol. The highest BCUT2D eigenvalue weighted by atomic mass is 32.2. The molecule has 2 heterocycles. The maximum absolute atomic E-state index is 12.7. The third-order valence-electron chi connectivity index (χ3n) is 3.92. The zero-order chi connectivity index (χ0) is 18.0. The van der Waals surface area contributed by atoms with E-state index >= 15 is 0 Å². The molecule has 0 saturated carbocycles. The van der Waals surface area contributed by atoms with Gasteiger partial charge in [0.2, 0.25) is 0 Å². The fourth-order valence-electron chi connectivity index (χ4n) is 2.57. The molecule has 7 nitrogen and oxygen atoms in total. The van der Waals surface area contributed by atoms with Crippen molar-refractivity contribution in [3.05, 3.63) is 32.6 Å². The standard InChI is InChI=1S/C16H21N3O4S/c1-5-7-9-8-17-13-11(12(9)24-10(6-2)15(21)22)14(20)19(4)16(23)18(13)3/h8,10H,5-7H2,1-4H3,(H,21,22). The van der Waals surface area contributed by atoms with Crippen LogP contribution >= 0.6 is 11.8 Å². The molecule has 1 atom stereocenters. The summed E-state index contributed by atoms with van der Waals surface area (Å²) in [5.41, 5.74) is 0.224. The lowest BCUT2D eigenvalue weighted by Crippen LogP contribution is -2.37. The van der Waals surface area contributed by atoms with Crippen LogP contribution in [0.2, 0.25) is 0 Å². The molecule has 0 fully saturated rings. The first-order chi connectivity index (χ1) is 11.3. The number of pyridine rings is 1. The van der Waals surface area contributed by atoms with E-state index in [9.17, 15) is 19.5 Å². The van der Waals surface area contributed by atoms with Gasteiger partial charge in [-0.05, 0) is 18.4 Å². The average molecular weight is 351 g/mol. The number of rotatable bonds is 6. The molecule has 0 aliphatic rings. The number of carbonyl (C=O) groups is 1.